The largest absolute Gasteiger partial charge is 0.388 e. The number of aryl methyl sites for hydroxylation is 2. The molecule has 0 saturated heterocycles. The first-order chi connectivity index (χ1) is 6.74. The second-order valence-electron chi connectivity index (χ2n) is 3.66. The van der Waals surface area contributed by atoms with Crippen LogP contribution in [0.1, 0.15) is 11.1 Å². The molecule has 2 aromatic rings. The Morgan fingerprint density at radius 2 is 1.64 bits per heavy atom. The molecule has 14 heavy (non-hydrogen) atoms. The lowest BCUT2D eigenvalue weighted by Crippen LogP contribution is -1.94. The molecule has 0 aliphatic heterocycles. The Morgan fingerprint density at radius 3 is 2.29 bits per heavy atom. The highest BCUT2D eigenvalue weighted by atomic mass is 14.8. The number of anilines is 1. The molecule has 0 aliphatic rings. The maximum absolute atomic E-state index is 3.23. The van der Waals surface area contributed by atoms with Gasteiger partial charge in [-0.3, -0.25) is 0 Å². The predicted octanol–water partition coefficient (Wildman–Crippen LogP) is 3.50. The van der Waals surface area contributed by atoms with Crippen molar-refractivity contribution < 1.29 is 0 Å². The third-order valence-corrected chi connectivity index (χ3v) is 2.79. The molecule has 0 fully saturated rings. The highest BCUT2D eigenvalue weighted by Crippen LogP contribution is 2.28. The Bertz CT molecular complexity index is 472. The summed E-state index contributed by atoms with van der Waals surface area (Å²) in [5.41, 5.74) is 3.88. The summed E-state index contributed by atoms with van der Waals surface area (Å²) in [4.78, 5) is 0. The molecule has 0 radical (unpaired) electrons. The number of nitrogens with one attached hydrogen (secondary N) is 1. The van der Waals surface area contributed by atoms with Crippen molar-refractivity contribution in [1.82, 2.24) is 0 Å². The van der Waals surface area contributed by atoms with Gasteiger partial charge in [-0.15, -0.1) is 0 Å². The van der Waals surface area contributed by atoms with Crippen LogP contribution in [0.4, 0.5) is 5.69 Å². The smallest absolute Gasteiger partial charge is 0.0376 e. The van der Waals surface area contributed by atoms with Crippen LogP contribution in [0.15, 0.2) is 30.3 Å². The van der Waals surface area contributed by atoms with Crippen LogP contribution < -0.4 is 5.32 Å². The minimum absolute atomic E-state index is 1.22. The van der Waals surface area contributed by atoms with Gasteiger partial charge >= 0.3 is 0 Å². The zero-order chi connectivity index (χ0) is 10.1. The van der Waals surface area contributed by atoms with E-state index in [0.29, 0.717) is 0 Å². The number of rotatable bonds is 1. The molecule has 0 saturated carbocycles. The Morgan fingerprint density at radius 1 is 1.00 bits per heavy atom. The predicted molar refractivity (Wildman–Crippen MR) is 63.0 cm³/mol. The van der Waals surface area contributed by atoms with Gasteiger partial charge in [-0.2, -0.15) is 0 Å². The number of fused-ring (bicyclic) bond motifs is 1. The maximum atomic E-state index is 3.23. The highest BCUT2D eigenvalue weighted by molar-refractivity contribution is 5.92. The Balaban J connectivity index is 2.87. The lowest BCUT2D eigenvalue weighted by Gasteiger charge is -2.11. The van der Waals surface area contributed by atoms with E-state index in [0.717, 1.165) is 0 Å². The van der Waals surface area contributed by atoms with Gasteiger partial charge in [0.25, 0.3) is 0 Å². The molecule has 0 aliphatic carbocycles. The number of benzene rings is 2. The first-order valence-corrected chi connectivity index (χ1v) is 4.90. The third-order valence-electron chi connectivity index (χ3n) is 2.79. The first kappa shape index (κ1) is 9.07. The minimum Gasteiger partial charge on any atom is -0.388 e. The van der Waals surface area contributed by atoms with Gasteiger partial charge in [-0.05, 0) is 41.8 Å². The third kappa shape index (κ3) is 1.25. The van der Waals surface area contributed by atoms with Crippen LogP contribution in [0, 0.1) is 13.8 Å². The molecular weight excluding hydrogens is 170 g/mol. The zero-order valence-corrected chi connectivity index (χ0v) is 8.89. The van der Waals surface area contributed by atoms with Crippen molar-refractivity contribution in [3.63, 3.8) is 0 Å². The number of hydrogen-bond donors (Lipinski definition) is 1. The quantitative estimate of drug-likeness (QED) is 0.717. The molecule has 2 rings (SSSR count). The van der Waals surface area contributed by atoms with E-state index < -0.39 is 0 Å². The maximum Gasteiger partial charge on any atom is 0.0376 e. The average molecular weight is 185 g/mol. The summed E-state index contributed by atoms with van der Waals surface area (Å²) in [5.74, 6) is 0. The Hall–Kier alpha value is -1.50. The Labute approximate surface area is 84.8 Å². The van der Waals surface area contributed by atoms with Gasteiger partial charge in [-0.1, -0.05) is 24.3 Å². The molecule has 0 spiro atoms. The molecule has 2 aromatic carbocycles. The van der Waals surface area contributed by atoms with Crippen molar-refractivity contribution in [2.45, 2.75) is 13.8 Å². The standard InChI is InChI=1S/C13H15N/c1-9-8-13(14-3)10(2)12-7-5-4-6-11(9)12/h4-8,14H,1-3H3. The summed E-state index contributed by atoms with van der Waals surface area (Å²) in [7, 11) is 1.97. The van der Waals surface area contributed by atoms with Crippen molar-refractivity contribution in [3.8, 4) is 0 Å². The van der Waals surface area contributed by atoms with Crippen molar-refractivity contribution in [2.75, 3.05) is 12.4 Å². The fourth-order valence-electron chi connectivity index (χ4n) is 1.96. The zero-order valence-electron chi connectivity index (χ0n) is 8.89. The van der Waals surface area contributed by atoms with E-state index in [1.165, 1.54) is 27.6 Å². The van der Waals surface area contributed by atoms with E-state index in [-0.39, 0.29) is 0 Å². The topological polar surface area (TPSA) is 12.0 Å². The fourth-order valence-corrected chi connectivity index (χ4v) is 1.96. The molecular formula is C13H15N. The normalized spacial score (nSPS) is 10.5. The minimum atomic E-state index is 1.22. The molecule has 1 N–H and O–H groups in total. The molecule has 0 atom stereocenters. The van der Waals surface area contributed by atoms with Crippen LogP contribution in [0.5, 0.6) is 0 Å². The molecule has 0 heterocycles. The van der Waals surface area contributed by atoms with Crippen molar-refractivity contribution in [3.05, 3.63) is 41.5 Å². The van der Waals surface area contributed by atoms with Gasteiger partial charge in [0.05, 0.1) is 0 Å². The number of hydrogen-bond acceptors (Lipinski definition) is 1. The molecule has 0 unspecified atom stereocenters. The van der Waals surface area contributed by atoms with E-state index in [1.54, 1.807) is 0 Å². The summed E-state index contributed by atoms with van der Waals surface area (Å²) in [6, 6.07) is 10.7. The highest BCUT2D eigenvalue weighted by Gasteiger charge is 2.04. The van der Waals surface area contributed by atoms with Crippen LogP contribution in [0.3, 0.4) is 0 Å². The van der Waals surface area contributed by atoms with Crippen molar-refractivity contribution in [1.29, 1.82) is 0 Å². The lowest BCUT2D eigenvalue weighted by atomic mass is 9.99. The SMILES string of the molecule is CNc1cc(C)c2ccccc2c1C. The van der Waals surface area contributed by atoms with E-state index in [4.69, 9.17) is 0 Å². The van der Waals surface area contributed by atoms with Gasteiger partial charge in [0, 0.05) is 12.7 Å². The van der Waals surface area contributed by atoms with Gasteiger partial charge in [0.2, 0.25) is 0 Å². The van der Waals surface area contributed by atoms with Crippen LogP contribution in [0.2, 0.25) is 0 Å². The molecule has 1 nitrogen and oxygen atoms in total. The van der Waals surface area contributed by atoms with E-state index in [1.807, 2.05) is 7.05 Å². The Kier molecular flexibility index (Phi) is 2.16. The van der Waals surface area contributed by atoms with Crippen LogP contribution in [-0.4, -0.2) is 7.05 Å². The summed E-state index contributed by atoms with van der Waals surface area (Å²) in [5, 5.41) is 5.92. The van der Waals surface area contributed by atoms with E-state index in [2.05, 4.69) is 49.5 Å². The summed E-state index contributed by atoms with van der Waals surface area (Å²) < 4.78 is 0. The molecule has 0 bridgehead atoms. The second-order valence-corrected chi connectivity index (χ2v) is 3.66. The van der Waals surface area contributed by atoms with Crippen molar-refractivity contribution in [2.24, 2.45) is 0 Å². The first-order valence-electron chi connectivity index (χ1n) is 4.90. The van der Waals surface area contributed by atoms with Gasteiger partial charge in [0.1, 0.15) is 0 Å². The van der Waals surface area contributed by atoms with E-state index in [9.17, 15) is 0 Å². The molecule has 0 amide bonds. The van der Waals surface area contributed by atoms with Gasteiger partial charge in [-0.25, -0.2) is 0 Å². The van der Waals surface area contributed by atoms with Gasteiger partial charge < -0.3 is 5.32 Å². The van der Waals surface area contributed by atoms with Gasteiger partial charge in [0.15, 0.2) is 0 Å². The van der Waals surface area contributed by atoms with Crippen LogP contribution in [-0.2, 0) is 0 Å². The lowest BCUT2D eigenvalue weighted by molar-refractivity contribution is 1.40. The average Bonchev–Trinajstić information content (AvgIpc) is 2.23. The summed E-state index contributed by atoms with van der Waals surface area (Å²) in [6.07, 6.45) is 0. The summed E-state index contributed by atoms with van der Waals surface area (Å²) in [6.45, 7) is 4.32. The molecule has 0 aromatic heterocycles. The van der Waals surface area contributed by atoms with Crippen molar-refractivity contribution >= 4 is 16.5 Å². The fraction of sp³-hybridized carbons (Fsp3) is 0.231. The second kappa shape index (κ2) is 3.33. The summed E-state index contributed by atoms with van der Waals surface area (Å²) >= 11 is 0. The molecule has 1 heteroatoms. The van der Waals surface area contributed by atoms with Crippen LogP contribution >= 0.6 is 0 Å². The molecule has 72 valence electrons. The monoisotopic (exact) mass is 185 g/mol. The van der Waals surface area contributed by atoms with E-state index >= 15 is 0 Å². The van der Waals surface area contributed by atoms with Crippen LogP contribution in [0.25, 0.3) is 10.8 Å².